The summed E-state index contributed by atoms with van der Waals surface area (Å²) in [6.07, 6.45) is 2.11. The second-order valence-electron chi connectivity index (χ2n) is 4.20. The van der Waals surface area contributed by atoms with Crippen LogP contribution in [0, 0.1) is 0 Å². The van der Waals surface area contributed by atoms with Crippen LogP contribution >= 0.6 is 0 Å². The first-order valence-electron chi connectivity index (χ1n) is 6.16. The van der Waals surface area contributed by atoms with Crippen LogP contribution in [0.4, 0.5) is 0 Å². The molecule has 0 saturated heterocycles. The molecule has 0 amide bonds. The van der Waals surface area contributed by atoms with E-state index >= 15 is 0 Å². The van der Waals surface area contributed by atoms with Crippen molar-refractivity contribution in [1.29, 1.82) is 0 Å². The zero-order chi connectivity index (χ0) is 12.3. The standard InChI is InChI=1S/C16H18O/c1-3-12-6-5-7-16(15(12)4-2)13-8-10-14(17)11-9-13/h5-11,17H,3-4H2,1-2H3. The van der Waals surface area contributed by atoms with Crippen LogP contribution in [-0.2, 0) is 12.8 Å². The van der Waals surface area contributed by atoms with Gasteiger partial charge in [0.05, 0.1) is 0 Å². The van der Waals surface area contributed by atoms with Gasteiger partial charge in [-0.1, -0.05) is 44.2 Å². The predicted octanol–water partition coefficient (Wildman–Crippen LogP) is 4.18. The highest BCUT2D eigenvalue weighted by molar-refractivity contribution is 5.69. The zero-order valence-corrected chi connectivity index (χ0v) is 10.4. The highest BCUT2D eigenvalue weighted by Crippen LogP contribution is 2.28. The molecule has 2 aromatic carbocycles. The minimum Gasteiger partial charge on any atom is -0.508 e. The van der Waals surface area contributed by atoms with Gasteiger partial charge in [-0.15, -0.1) is 0 Å². The number of benzene rings is 2. The van der Waals surface area contributed by atoms with Gasteiger partial charge in [-0.3, -0.25) is 0 Å². The summed E-state index contributed by atoms with van der Waals surface area (Å²) in [5.41, 5.74) is 5.29. The fourth-order valence-electron chi connectivity index (χ4n) is 2.29. The van der Waals surface area contributed by atoms with Crippen molar-refractivity contribution < 1.29 is 5.11 Å². The lowest BCUT2D eigenvalue weighted by Gasteiger charge is -2.12. The Bertz CT molecular complexity index is 497. The summed E-state index contributed by atoms with van der Waals surface area (Å²) in [5, 5.41) is 9.33. The molecule has 0 spiro atoms. The van der Waals surface area contributed by atoms with Crippen LogP contribution in [-0.4, -0.2) is 5.11 Å². The number of aromatic hydroxyl groups is 1. The average Bonchev–Trinajstić information content (AvgIpc) is 2.38. The van der Waals surface area contributed by atoms with Gasteiger partial charge in [-0.25, -0.2) is 0 Å². The topological polar surface area (TPSA) is 20.2 Å². The third-order valence-electron chi connectivity index (χ3n) is 3.19. The average molecular weight is 226 g/mol. The highest BCUT2D eigenvalue weighted by Gasteiger charge is 2.07. The largest absolute Gasteiger partial charge is 0.508 e. The van der Waals surface area contributed by atoms with Gasteiger partial charge in [0, 0.05) is 0 Å². The van der Waals surface area contributed by atoms with Crippen molar-refractivity contribution in [3.05, 3.63) is 53.6 Å². The van der Waals surface area contributed by atoms with Crippen molar-refractivity contribution in [3.63, 3.8) is 0 Å². The van der Waals surface area contributed by atoms with E-state index in [2.05, 4.69) is 32.0 Å². The normalized spacial score (nSPS) is 10.5. The first-order valence-corrected chi connectivity index (χ1v) is 6.16. The molecule has 0 fully saturated rings. The smallest absolute Gasteiger partial charge is 0.115 e. The van der Waals surface area contributed by atoms with E-state index in [1.807, 2.05) is 12.1 Å². The molecule has 0 aliphatic rings. The molecule has 1 heteroatoms. The lowest BCUT2D eigenvalue weighted by atomic mass is 9.93. The number of phenolic OH excluding ortho intramolecular Hbond substituents is 1. The van der Waals surface area contributed by atoms with E-state index in [1.54, 1.807) is 12.1 Å². The van der Waals surface area contributed by atoms with E-state index in [4.69, 9.17) is 0 Å². The van der Waals surface area contributed by atoms with Crippen molar-refractivity contribution in [2.75, 3.05) is 0 Å². The van der Waals surface area contributed by atoms with Gasteiger partial charge >= 0.3 is 0 Å². The monoisotopic (exact) mass is 226 g/mol. The van der Waals surface area contributed by atoms with Crippen molar-refractivity contribution in [2.24, 2.45) is 0 Å². The summed E-state index contributed by atoms with van der Waals surface area (Å²) >= 11 is 0. The van der Waals surface area contributed by atoms with Gasteiger partial charge in [0.1, 0.15) is 5.75 Å². The van der Waals surface area contributed by atoms with E-state index in [0.29, 0.717) is 5.75 Å². The maximum absolute atomic E-state index is 9.33. The number of rotatable bonds is 3. The molecular weight excluding hydrogens is 208 g/mol. The maximum Gasteiger partial charge on any atom is 0.115 e. The summed E-state index contributed by atoms with van der Waals surface area (Å²) in [4.78, 5) is 0. The Morgan fingerprint density at radius 3 is 2.18 bits per heavy atom. The third-order valence-corrected chi connectivity index (χ3v) is 3.19. The summed E-state index contributed by atoms with van der Waals surface area (Å²) < 4.78 is 0. The van der Waals surface area contributed by atoms with Gasteiger partial charge in [-0.05, 0) is 47.2 Å². The Labute approximate surface area is 103 Å². The number of hydrogen-bond acceptors (Lipinski definition) is 1. The molecule has 0 unspecified atom stereocenters. The van der Waals surface area contributed by atoms with Crippen LogP contribution in [0.15, 0.2) is 42.5 Å². The Kier molecular flexibility index (Phi) is 3.48. The Morgan fingerprint density at radius 2 is 1.59 bits per heavy atom. The SMILES string of the molecule is CCc1cccc(-c2ccc(O)cc2)c1CC. The Hall–Kier alpha value is -1.76. The third kappa shape index (κ3) is 2.33. The lowest BCUT2D eigenvalue weighted by Crippen LogP contribution is -1.94. The summed E-state index contributed by atoms with van der Waals surface area (Å²) in [7, 11) is 0. The van der Waals surface area contributed by atoms with Crippen LogP contribution in [0.3, 0.4) is 0 Å². The predicted molar refractivity (Wildman–Crippen MR) is 72.3 cm³/mol. The zero-order valence-electron chi connectivity index (χ0n) is 10.4. The number of hydrogen-bond donors (Lipinski definition) is 1. The summed E-state index contributed by atoms with van der Waals surface area (Å²) in [5.74, 6) is 0.318. The molecule has 0 saturated carbocycles. The van der Waals surface area contributed by atoms with Gasteiger partial charge in [0.15, 0.2) is 0 Å². The Morgan fingerprint density at radius 1 is 0.882 bits per heavy atom. The van der Waals surface area contributed by atoms with Gasteiger partial charge in [0.2, 0.25) is 0 Å². The van der Waals surface area contributed by atoms with Crippen molar-refractivity contribution >= 4 is 0 Å². The lowest BCUT2D eigenvalue weighted by molar-refractivity contribution is 0.475. The van der Waals surface area contributed by atoms with Crippen molar-refractivity contribution in [2.45, 2.75) is 26.7 Å². The first-order chi connectivity index (χ1) is 8.26. The van der Waals surface area contributed by atoms with Crippen LogP contribution in [0.1, 0.15) is 25.0 Å². The molecule has 0 aliphatic carbocycles. The van der Waals surface area contributed by atoms with E-state index in [9.17, 15) is 5.11 Å². The molecular formula is C16H18O. The van der Waals surface area contributed by atoms with Gasteiger partial charge < -0.3 is 5.11 Å². The number of aryl methyl sites for hydroxylation is 1. The maximum atomic E-state index is 9.33. The fourth-order valence-corrected chi connectivity index (χ4v) is 2.29. The molecule has 0 radical (unpaired) electrons. The van der Waals surface area contributed by atoms with Gasteiger partial charge in [0.25, 0.3) is 0 Å². The minimum atomic E-state index is 0.318. The van der Waals surface area contributed by atoms with Crippen molar-refractivity contribution in [3.8, 4) is 16.9 Å². The number of phenols is 1. The molecule has 17 heavy (non-hydrogen) atoms. The molecule has 1 nitrogen and oxygen atoms in total. The molecule has 88 valence electrons. The molecule has 1 N–H and O–H groups in total. The second-order valence-corrected chi connectivity index (χ2v) is 4.20. The summed E-state index contributed by atoms with van der Waals surface area (Å²) in [6, 6.07) is 13.9. The highest BCUT2D eigenvalue weighted by atomic mass is 16.3. The quantitative estimate of drug-likeness (QED) is 0.832. The van der Waals surface area contributed by atoms with Crippen LogP contribution in [0.5, 0.6) is 5.75 Å². The molecule has 0 heterocycles. The molecule has 0 atom stereocenters. The fraction of sp³-hybridized carbons (Fsp3) is 0.250. The van der Waals surface area contributed by atoms with Crippen LogP contribution in [0.2, 0.25) is 0 Å². The second kappa shape index (κ2) is 5.05. The van der Waals surface area contributed by atoms with Crippen molar-refractivity contribution in [1.82, 2.24) is 0 Å². The summed E-state index contributed by atoms with van der Waals surface area (Å²) in [6.45, 7) is 4.38. The van der Waals surface area contributed by atoms with E-state index < -0.39 is 0 Å². The minimum absolute atomic E-state index is 0.318. The van der Waals surface area contributed by atoms with E-state index in [-0.39, 0.29) is 0 Å². The molecule has 0 bridgehead atoms. The van der Waals surface area contributed by atoms with Gasteiger partial charge in [-0.2, -0.15) is 0 Å². The molecule has 0 aliphatic heterocycles. The van der Waals surface area contributed by atoms with Crippen LogP contribution in [0.25, 0.3) is 11.1 Å². The van der Waals surface area contributed by atoms with E-state index in [1.165, 1.54) is 22.3 Å². The molecule has 0 aromatic heterocycles. The first kappa shape index (κ1) is 11.7. The molecule has 2 rings (SSSR count). The van der Waals surface area contributed by atoms with E-state index in [0.717, 1.165) is 12.8 Å². The van der Waals surface area contributed by atoms with Crippen LogP contribution < -0.4 is 0 Å². The Balaban J connectivity index is 2.54. The molecule has 2 aromatic rings.